The second-order valence-corrected chi connectivity index (χ2v) is 8.07. The molecular formula is C23H27N5O3. The normalized spacial score (nSPS) is 19.4. The highest BCUT2D eigenvalue weighted by atomic mass is 16.5. The second kappa shape index (κ2) is 9.36. The first-order chi connectivity index (χ1) is 15.0. The van der Waals surface area contributed by atoms with Gasteiger partial charge in [0, 0.05) is 26.2 Å². The van der Waals surface area contributed by atoms with Crippen molar-refractivity contribution in [1.82, 2.24) is 25.2 Å². The van der Waals surface area contributed by atoms with E-state index in [1.165, 1.54) is 5.56 Å². The zero-order chi connectivity index (χ0) is 21.8. The van der Waals surface area contributed by atoms with Crippen LogP contribution in [0.5, 0.6) is 0 Å². The highest BCUT2D eigenvalue weighted by molar-refractivity contribution is 5.78. The Morgan fingerprint density at radius 2 is 1.74 bits per heavy atom. The highest BCUT2D eigenvalue weighted by Gasteiger charge is 2.22. The smallest absolute Gasteiger partial charge is 0.278 e. The first kappa shape index (κ1) is 21.1. The molecule has 1 aliphatic heterocycles. The lowest BCUT2D eigenvalue weighted by molar-refractivity contribution is -0.122. The molecule has 8 nitrogen and oxygen atoms in total. The van der Waals surface area contributed by atoms with Gasteiger partial charge < -0.3 is 10.1 Å². The zero-order valence-electron chi connectivity index (χ0n) is 17.8. The van der Waals surface area contributed by atoms with Crippen LogP contribution in [0.2, 0.25) is 0 Å². The van der Waals surface area contributed by atoms with E-state index >= 15 is 0 Å². The lowest BCUT2D eigenvalue weighted by atomic mass is 10.1. The Balaban J connectivity index is 1.40. The van der Waals surface area contributed by atoms with Crippen molar-refractivity contribution >= 4 is 16.8 Å². The molecule has 1 N–H and O–H groups in total. The number of carbonyl (C=O) groups excluding carboxylic acids is 1. The number of amides is 1. The van der Waals surface area contributed by atoms with Crippen molar-refractivity contribution in [2.75, 3.05) is 13.1 Å². The Kier molecular flexibility index (Phi) is 6.39. The van der Waals surface area contributed by atoms with Crippen molar-refractivity contribution in [2.45, 2.75) is 45.7 Å². The molecule has 162 valence electrons. The molecule has 1 aromatic heterocycles. The van der Waals surface area contributed by atoms with E-state index in [-0.39, 0.29) is 30.2 Å². The van der Waals surface area contributed by atoms with E-state index < -0.39 is 0 Å². The van der Waals surface area contributed by atoms with Gasteiger partial charge in [0.2, 0.25) is 5.91 Å². The molecule has 0 aliphatic carbocycles. The van der Waals surface area contributed by atoms with Gasteiger partial charge in [-0.15, -0.1) is 5.10 Å². The van der Waals surface area contributed by atoms with E-state index in [0.717, 1.165) is 29.9 Å². The molecule has 1 saturated heterocycles. The summed E-state index contributed by atoms with van der Waals surface area (Å²) in [6.07, 6.45) is 0.411. The lowest BCUT2D eigenvalue weighted by Crippen LogP contribution is -2.45. The van der Waals surface area contributed by atoms with Crippen LogP contribution < -0.4 is 10.9 Å². The number of ether oxygens (including phenoxy) is 1. The maximum absolute atomic E-state index is 12.5. The fraction of sp³-hybridized carbons (Fsp3) is 0.391. The minimum absolute atomic E-state index is 0.169. The number of aromatic nitrogens is 3. The number of hydrogen-bond donors (Lipinski definition) is 1. The van der Waals surface area contributed by atoms with Crippen molar-refractivity contribution in [2.24, 2.45) is 0 Å². The number of nitrogens with zero attached hydrogens (tertiary/aromatic N) is 4. The van der Waals surface area contributed by atoms with Crippen LogP contribution in [0.3, 0.4) is 0 Å². The van der Waals surface area contributed by atoms with Crippen molar-refractivity contribution in [3.8, 4) is 0 Å². The predicted molar refractivity (Wildman–Crippen MR) is 117 cm³/mol. The van der Waals surface area contributed by atoms with Gasteiger partial charge in [0.25, 0.3) is 5.56 Å². The Morgan fingerprint density at radius 1 is 1.06 bits per heavy atom. The maximum atomic E-state index is 12.5. The fourth-order valence-corrected chi connectivity index (χ4v) is 4.05. The first-order valence-corrected chi connectivity index (χ1v) is 10.5. The molecule has 1 amide bonds. The van der Waals surface area contributed by atoms with Gasteiger partial charge in [-0.2, -0.15) is 0 Å². The summed E-state index contributed by atoms with van der Waals surface area (Å²) in [6.45, 7) is 6.97. The third kappa shape index (κ3) is 5.15. The van der Waals surface area contributed by atoms with Crippen LogP contribution in [0.15, 0.2) is 53.3 Å². The van der Waals surface area contributed by atoms with Gasteiger partial charge in [-0.3, -0.25) is 14.5 Å². The van der Waals surface area contributed by atoms with Crippen LogP contribution in [0.25, 0.3) is 10.9 Å². The Bertz CT molecular complexity index is 1120. The minimum Gasteiger partial charge on any atom is -0.373 e. The first-order valence-electron chi connectivity index (χ1n) is 10.5. The fourth-order valence-electron chi connectivity index (χ4n) is 4.05. The second-order valence-electron chi connectivity index (χ2n) is 8.07. The van der Waals surface area contributed by atoms with E-state index in [2.05, 4.69) is 40.4 Å². The van der Waals surface area contributed by atoms with Crippen molar-refractivity contribution < 1.29 is 9.53 Å². The molecule has 2 aromatic carbocycles. The summed E-state index contributed by atoms with van der Waals surface area (Å²) in [5, 5.41) is 11.3. The molecule has 2 unspecified atom stereocenters. The average Bonchev–Trinajstić information content (AvgIpc) is 2.74. The number of rotatable bonds is 6. The van der Waals surface area contributed by atoms with Crippen molar-refractivity contribution in [3.05, 3.63) is 70.0 Å². The molecule has 2 heterocycles. The Labute approximate surface area is 180 Å². The molecule has 1 aliphatic rings. The van der Waals surface area contributed by atoms with Gasteiger partial charge >= 0.3 is 0 Å². The molecule has 2 atom stereocenters. The number of carbonyl (C=O) groups is 1. The summed E-state index contributed by atoms with van der Waals surface area (Å²) in [5.41, 5.74) is 2.42. The molecule has 0 spiro atoms. The molecule has 8 heteroatoms. The Morgan fingerprint density at radius 3 is 2.52 bits per heavy atom. The SMILES string of the molecule is CC1CN(Cc2ccccc2CNC(=O)Cn2nnc3ccccc3c2=O)CC(C)O1. The molecule has 0 radical (unpaired) electrons. The molecule has 0 saturated carbocycles. The van der Waals surface area contributed by atoms with E-state index in [9.17, 15) is 9.59 Å². The molecule has 3 aromatic rings. The van der Waals surface area contributed by atoms with Crippen LogP contribution in [-0.2, 0) is 29.2 Å². The van der Waals surface area contributed by atoms with Crippen LogP contribution in [0.4, 0.5) is 0 Å². The number of benzene rings is 2. The largest absolute Gasteiger partial charge is 0.373 e. The maximum Gasteiger partial charge on any atom is 0.278 e. The van der Waals surface area contributed by atoms with Crippen LogP contribution in [0.1, 0.15) is 25.0 Å². The van der Waals surface area contributed by atoms with Gasteiger partial charge in [-0.1, -0.05) is 41.6 Å². The van der Waals surface area contributed by atoms with E-state index in [1.54, 1.807) is 24.3 Å². The molecule has 31 heavy (non-hydrogen) atoms. The summed E-state index contributed by atoms with van der Waals surface area (Å²) in [5.74, 6) is -0.282. The summed E-state index contributed by atoms with van der Waals surface area (Å²) < 4.78 is 6.92. The number of fused-ring (bicyclic) bond motifs is 1. The number of hydrogen-bond acceptors (Lipinski definition) is 6. The summed E-state index contributed by atoms with van der Waals surface area (Å²) in [4.78, 5) is 27.4. The zero-order valence-corrected chi connectivity index (χ0v) is 17.8. The topological polar surface area (TPSA) is 89.4 Å². The van der Waals surface area contributed by atoms with Crippen LogP contribution in [-0.4, -0.2) is 51.1 Å². The van der Waals surface area contributed by atoms with Crippen LogP contribution >= 0.6 is 0 Å². The molecular weight excluding hydrogens is 394 g/mol. The summed E-state index contributed by atoms with van der Waals surface area (Å²) in [7, 11) is 0. The highest BCUT2D eigenvalue weighted by Crippen LogP contribution is 2.17. The quantitative estimate of drug-likeness (QED) is 0.652. The van der Waals surface area contributed by atoms with Gasteiger partial charge in [0.05, 0.1) is 17.6 Å². The van der Waals surface area contributed by atoms with Gasteiger partial charge in [-0.25, -0.2) is 4.68 Å². The number of nitrogens with one attached hydrogen (secondary N) is 1. The van der Waals surface area contributed by atoms with E-state index in [4.69, 9.17) is 4.74 Å². The molecule has 4 rings (SSSR count). The van der Waals surface area contributed by atoms with Crippen molar-refractivity contribution in [1.29, 1.82) is 0 Å². The Hall–Kier alpha value is -3.10. The summed E-state index contributed by atoms with van der Waals surface area (Å²) in [6, 6.07) is 15.1. The average molecular weight is 422 g/mol. The predicted octanol–water partition coefficient (Wildman–Crippen LogP) is 1.72. The monoisotopic (exact) mass is 421 g/mol. The van der Waals surface area contributed by atoms with Gasteiger partial charge in [-0.05, 0) is 37.1 Å². The van der Waals surface area contributed by atoms with E-state index in [1.807, 2.05) is 18.2 Å². The minimum atomic E-state index is -0.322. The van der Waals surface area contributed by atoms with Crippen LogP contribution in [0, 0.1) is 0 Å². The van der Waals surface area contributed by atoms with Gasteiger partial charge in [0.15, 0.2) is 0 Å². The van der Waals surface area contributed by atoms with Gasteiger partial charge in [0.1, 0.15) is 12.1 Å². The number of morpholine rings is 1. The lowest BCUT2D eigenvalue weighted by Gasteiger charge is -2.35. The van der Waals surface area contributed by atoms with E-state index in [0.29, 0.717) is 17.4 Å². The third-order valence-corrected chi connectivity index (χ3v) is 5.41. The molecule has 0 bridgehead atoms. The molecule has 1 fully saturated rings. The summed E-state index contributed by atoms with van der Waals surface area (Å²) >= 11 is 0. The standard InChI is InChI=1S/C23H27N5O3/c1-16-12-27(13-17(2)31-16)14-19-8-4-3-7-18(19)11-24-22(29)15-28-23(30)20-9-5-6-10-21(20)25-26-28/h3-10,16-17H,11-15H2,1-2H3,(H,24,29). The van der Waals surface area contributed by atoms with Crippen molar-refractivity contribution in [3.63, 3.8) is 0 Å². The third-order valence-electron chi connectivity index (χ3n) is 5.41.